The van der Waals surface area contributed by atoms with Gasteiger partial charge in [0.15, 0.2) is 0 Å². The standard InChI is InChI=1S/C16H32N2O2/c1-4-5-6-8-14(2)17-15(20)11-18-10-7-9-16(3,12-18)13-19/h14,19H,4-13H2,1-3H3,(H,17,20). The maximum atomic E-state index is 12.0. The molecule has 1 aliphatic rings. The molecule has 0 aromatic rings. The molecule has 1 fully saturated rings. The fourth-order valence-electron chi connectivity index (χ4n) is 2.99. The number of carbonyl (C=O) groups excluding carboxylic acids is 1. The number of rotatable bonds is 8. The number of nitrogens with zero attached hydrogens (tertiary/aromatic N) is 1. The summed E-state index contributed by atoms with van der Waals surface area (Å²) in [5.41, 5.74) is -0.0364. The van der Waals surface area contributed by atoms with E-state index < -0.39 is 0 Å². The number of likely N-dealkylation sites (tertiary alicyclic amines) is 1. The van der Waals surface area contributed by atoms with Crippen LogP contribution in [0.3, 0.4) is 0 Å². The van der Waals surface area contributed by atoms with Gasteiger partial charge >= 0.3 is 0 Å². The summed E-state index contributed by atoms with van der Waals surface area (Å²) >= 11 is 0. The summed E-state index contributed by atoms with van der Waals surface area (Å²) in [5.74, 6) is 0.121. The first-order chi connectivity index (χ1) is 9.49. The van der Waals surface area contributed by atoms with Crippen LogP contribution in [-0.4, -0.2) is 48.2 Å². The number of aliphatic hydroxyl groups is 1. The van der Waals surface area contributed by atoms with Crippen molar-refractivity contribution in [3.05, 3.63) is 0 Å². The highest BCUT2D eigenvalue weighted by Gasteiger charge is 2.31. The van der Waals surface area contributed by atoms with Gasteiger partial charge in [-0.15, -0.1) is 0 Å². The summed E-state index contributed by atoms with van der Waals surface area (Å²) in [5, 5.41) is 12.5. The molecule has 0 radical (unpaired) electrons. The van der Waals surface area contributed by atoms with E-state index in [4.69, 9.17) is 0 Å². The molecular formula is C16H32N2O2. The van der Waals surface area contributed by atoms with Crippen molar-refractivity contribution in [2.45, 2.75) is 65.3 Å². The fourth-order valence-corrected chi connectivity index (χ4v) is 2.99. The van der Waals surface area contributed by atoms with Gasteiger partial charge in [-0.2, -0.15) is 0 Å². The van der Waals surface area contributed by atoms with E-state index >= 15 is 0 Å². The molecule has 1 aliphatic heterocycles. The minimum atomic E-state index is -0.0364. The lowest BCUT2D eigenvalue weighted by atomic mass is 9.83. The SMILES string of the molecule is CCCCCC(C)NC(=O)CN1CCCC(C)(CO)C1. The van der Waals surface area contributed by atoms with Crippen LogP contribution in [0.25, 0.3) is 0 Å². The first-order valence-electron chi connectivity index (χ1n) is 8.11. The zero-order valence-corrected chi connectivity index (χ0v) is 13.5. The molecule has 2 unspecified atom stereocenters. The third-order valence-electron chi connectivity index (χ3n) is 4.26. The van der Waals surface area contributed by atoms with Crippen molar-refractivity contribution in [2.24, 2.45) is 5.41 Å². The fraction of sp³-hybridized carbons (Fsp3) is 0.938. The maximum Gasteiger partial charge on any atom is 0.234 e. The maximum absolute atomic E-state index is 12.0. The van der Waals surface area contributed by atoms with Crippen LogP contribution in [0.15, 0.2) is 0 Å². The smallest absolute Gasteiger partial charge is 0.234 e. The Kier molecular flexibility index (Phi) is 7.52. The third-order valence-corrected chi connectivity index (χ3v) is 4.26. The highest BCUT2D eigenvalue weighted by atomic mass is 16.3. The minimum Gasteiger partial charge on any atom is -0.396 e. The number of aliphatic hydroxyl groups excluding tert-OH is 1. The van der Waals surface area contributed by atoms with E-state index in [0.717, 1.165) is 32.4 Å². The number of amides is 1. The lowest BCUT2D eigenvalue weighted by Gasteiger charge is -2.39. The van der Waals surface area contributed by atoms with Gasteiger partial charge < -0.3 is 10.4 Å². The van der Waals surface area contributed by atoms with Gasteiger partial charge in [-0.25, -0.2) is 0 Å². The van der Waals surface area contributed by atoms with Gasteiger partial charge in [-0.05, 0) is 32.7 Å². The van der Waals surface area contributed by atoms with Crippen LogP contribution in [0.2, 0.25) is 0 Å². The van der Waals surface area contributed by atoms with Gasteiger partial charge in [0, 0.05) is 24.6 Å². The first-order valence-corrected chi connectivity index (χ1v) is 8.11. The topological polar surface area (TPSA) is 52.6 Å². The summed E-state index contributed by atoms with van der Waals surface area (Å²) in [6.07, 6.45) is 6.82. The molecule has 2 N–H and O–H groups in total. The Morgan fingerprint density at radius 1 is 1.45 bits per heavy atom. The summed E-state index contributed by atoms with van der Waals surface area (Å²) in [6.45, 7) is 8.84. The lowest BCUT2D eigenvalue weighted by Crippen LogP contribution is -2.48. The first kappa shape index (κ1) is 17.4. The van der Waals surface area contributed by atoms with Crippen LogP contribution in [0.1, 0.15) is 59.3 Å². The second-order valence-corrected chi connectivity index (χ2v) is 6.75. The Morgan fingerprint density at radius 2 is 2.20 bits per heavy atom. The quantitative estimate of drug-likeness (QED) is 0.672. The third kappa shape index (κ3) is 6.23. The minimum absolute atomic E-state index is 0.0364. The Morgan fingerprint density at radius 3 is 2.85 bits per heavy atom. The lowest BCUT2D eigenvalue weighted by molar-refractivity contribution is -0.123. The molecule has 20 heavy (non-hydrogen) atoms. The second-order valence-electron chi connectivity index (χ2n) is 6.75. The average molecular weight is 284 g/mol. The molecule has 0 bridgehead atoms. The molecule has 0 aromatic carbocycles. The number of hydrogen-bond donors (Lipinski definition) is 2. The predicted molar refractivity (Wildman–Crippen MR) is 82.6 cm³/mol. The van der Waals surface area contributed by atoms with Crippen LogP contribution < -0.4 is 5.32 Å². The van der Waals surface area contributed by atoms with Crippen molar-refractivity contribution in [1.82, 2.24) is 10.2 Å². The monoisotopic (exact) mass is 284 g/mol. The van der Waals surface area contributed by atoms with E-state index in [0.29, 0.717) is 6.54 Å². The summed E-state index contributed by atoms with van der Waals surface area (Å²) < 4.78 is 0. The van der Waals surface area contributed by atoms with E-state index in [1.165, 1.54) is 19.3 Å². The van der Waals surface area contributed by atoms with E-state index in [-0.39, 0.29) is 24.0 Å². The van der Waals surface area contributed by atoms with E-state index in [1.54, 1.807) is 0 Å². The van der Waals surface area contributed by atoms with Gasteiger partial charge in [0.2, 0.25) is 5.91 Å². The van der Waals surface area contributed by atoms with Crippen LogP contribution in [0.5, 0.6) is 0 Å². The second kappa shape index (κ2) is 8.63. The average Bonchev–Trinajstić information content (AvgIpc) is 2.39. The van der Waals surface area contributed by atoms with Gasteiger partial charge in [0.25, 0.3) is 0 Å². The molecule has 118 valence electrons. The molecule has 4 nitrogen and oxygen atoms in total. The normalized spacial score (nSPS) is 25.4. The number of piperidine rings is 1. The molecule has 1 amide bonds. The molecule has 0 spiro atoms. The van der Waals surface area contributed by atoms with E-state index in [2.05, 4.69) is 31.0 Å². The van der Waals surface area contributed by atoms with E-state index in [1.807, 2.05) is 0 Å². The molecule has 4 heteroatoms. The van der Waals surface area contributed by atoms with Gasteiger partial charge in [-0.3, -0.25) is 9.69 Å². The molecule has 2 atom stereocenters. The molecule has 1 heterocycles. The van der Waals surface area contributed by atoms with Crippen LogP contribution >= 0.6 is 0 Å². The number of nitrogens with one attached hydrogen (secondary N) is 1. The van der Waals surface area contributed by atoms with Gasteiger partial charge in [0.05, 0.1) is 6.54 Å². The predicted octanol–water partition coefficient (Wildman–Crippen LogP) is 2.17. The highest BCUT2D eigenvalue weighted by molar-refractivity contribution is 5.78. The van der Waals surface area contributed by atoms with Crippen LogP contribution in [0, 0.1) is 5.41 Å². The van der Waals surface area contributed by atoms with Crippen molar-refractivity contribution in [2.75, 3.05) is 26.2 Å². The number of carbonyl (C=O) groups is 1. The molecule has 0 aromatic heterocycles. The summed E-state index contributed by atoms with van der Waals surface area (Å²) in [6, 6.07) is 0.267. The van der Waals surface area contributed by atoms with Gasteiger partial charge in [0.1, 0.15) is 0 Å². The Bertz CT molecular complexity index is 296. The van der Waals surface area contributed by atoms with Crippen molar-refractivity contribution in [3.63, 3.8) is 0 Å². The van der Waals surface area contributed by atoms with Crippen molar-refractivity contribution in [1.29, 1.82) is 0 Å². The Hall–Kier alpha value is -0.610. The number of hydrogen-bond acceptors (Lipinski definition) is 3. The van der Waals surface area contributed by atoms with Crippen molar-refractivity contribution >= 4 is 5.91 Å². The van der Waals surface area contributed by atoms with Gasteiger partial charge in [-0.1, -0.05) is 33.1 Å². The zero-order valence-electron chi connectivity index (χ0n) is 13.5. The molecule has 1 saturated heterocycles. The Labute approximate surface area is 123 Å². The number of unbranched alkanes of at least 4 members (excludes halogenated alkanes) is 2. The Balaban J connectivity index is 2.27. The van der Waals surface area contributed by atoms with E-state index in [9.17, 15) is 9.90 Å². The van der Waals surface area contributed by atoms with Crippen LogP contribution in [0.4, 0.5) is 0 Å². The highest BCUT2D eigenvalue weighted by Crippen LogP contribution is 2.28. The van der Waals surface area contributed by atoms with Crippen LogP contribution in [-0.2, 0) is 4.79 Å². The zero-order chi connectivity index (χ0) is 15.0. The molecular weight excluding hydrogens is 252 g/mol. The van der Waals surface area contributed by atoms with Crippen molar-refractivity contribution < 1.29 is 9.90 Å². The summed E-state index contributed by atoms with van der Waals surface area (Å²) in [7, 11) is 0. The summed E-state index contributed by atoms with van der Waals surface area (Å²) in [4.78, 5) is 14.2. The van der Waals surface area contributed by atoms with Crippen molar-refractivity contribution in [3.8, 4) is 0 Å². The molecule has 0 saturated carbocycles. The molecule has 1 rings (SSSR count). The molecule has 0 aliphatic carbocycles. The largest absolute Gasteiger partial charge is 0.396 e.